The zero-order chi connectivity index (χ0) is 21.1. The molecule has 6 heteroatoms. The quantitative estimate of drug-likeness (QED) is 0.644. The van der Waals surface area contributed by atoms with E-state index in [1.807, 2.05) is 42.6 Å². The molecule has 2 aromatic carbocycles. The van der Waals surface area contributed by atoms with Crippen molar-refractivity contribution in [1.82, 2.24) is 15.2 Å². The van der Waals surface area contributed by atoms with Gasteiger partial charge in [-0.1, -0.05) is 36.4 Å². The normalized spacial score (nSPS) is 14.5. The predicted octanol–water partition coefficient (Wildman–Crippen LogP) is 4.10. The molecule has 4 rings (SSSR count). The van der Waals surface area contributed by atoms with Crippen LogP contribution in [-0.2, 0) is 9.59 Å². The van der Waals surface area contributed by atoms with Crippen molar-refractivity contribution in [1.29, 1.82) is 0 Å². The first kappa shape index (κ1) is 19.6. The fourth-order valence-corrected chi connectivity index (χ4v) is 3.69. The zero-order valence-corrected chi connectivity index (χ0v) is 16.6. The van der Waals surface area contributed by atoms with Gasteiger partial charge in [0.1, 0.15) is 11.5 Å². The number of fused-ring (bicyclic) bond motifs is 1. The van der Waals surface area contributed by atoms with E-state index in [0.717, 1.165) is 27.6 Å². The lowest BCUT2D eigenvalue weighted by Crippen LogP contribution is -2.40. The van der Waals surface area contributed by atoms with Crippen LogP contribution in [0.15, 0.2) is 66.5 Å². The van der Waals surface area contributed by atoms with E-state index in [0.29, 0.717) is 19.5 Å². The summed E-state index contributed by atoms with van der Waals surface area (Å²) in [6, 6.07) is 14.1. The topological polar surface area (TPSA) is 65.2 Å². The number of nitrogens with one attached hydrogen (secondary N) is 2. The smallest absolute Gasteiger partial charge is 0.270 e. The zero-order valence-electron chi connectivity index (χ0n) is 16.6. The lowest BCUT2D eigenvalue weighted by molar-refractivity contribution is -0.129. The second-order valence-corrected chi connectivity index (χ2v) is 7.27. The molecule has 0 spiro atoms. The summed E-state index contributed by atoms with van der Waals surface area (Å²) in [5, 5.41) is 3.63. The van der Waals surface area contributed by atoms with Crippen LogP contribution in [0.5, 0.6) is 0 Å². The molecule has 0 aliphatic carbocycles. The van der Waals surface area contributed by atoms with Gasteiger partial charge in [0.15, 0.2) is 0 Å². The Labute approximate surface area is 173 Å². The van der Waals surface area contributed by atoms with Crippen molar-refractivity contribution in [3.8, 4) is 0 Å². The molecule has 2 amide bonds. The van der Waals surface area contributed by atoms with Gasteiger partial charge in [0.05, 0.1) is 0 Å². The fraction of sp³-hybridized carbons (Fsp3) is 0.167. The molecule has 1 aliphatic rings. The number of aromatic amines is 1. The maximum atomic E-state index is 13.4. The molecular formula is C24H22FN3O2. The Hall–Kier alpha value is -3.67. The Morgan fingerprint density at radius 2 is 1.97 bits per heavy atom. The molecular weight excluding hydrogens is 381 g/mol. The second kappa shape index (κ2) is 8.37. The molecule has 2 heterocycles. The number of nitrogens with zero attached hydrogens (tertiary/aromatic N) is 1. The van der Waals surface area contributed by atoms with Gasteiger partial charge in [-0.05, 0) is 41.8 Å². The van der Waals surface area contributed by atoms with E-state index in [4.69, 9.17) is 0 Å². The summed E-state index contributed by atoms with van der Waals surface area (Å²) in [4.78, 5) is 29.5. The van der Waals surface area contributed by atoms with E-state index >= 15 is 0 Å². The van der Waals surface area contributed by atoms with E-state index in [1.165, 1.54) is 19.1 Å². The summed E-state index contributed by atoms with van der Waals surface area (Å²) in [5.41, 5.74) is 3.99. The van der Waals surface area contributed by atoms with Crippen molar-refractivity contribution in [3.63, 3.8) is 0 Å². The fourth-order valence-electron chi connectivity index (χ4n) is 3.69. The molecule has 152 valence electrons. The monoisotopic (exact) mass is 403 g/mol. The minimum Gasteiger partial charge on any atom is -0.360 e. The molecule has 0 unspecified atom stereocenters. The number of amides is 2. The van der Waals surface area contributed by atoms with E-state index in [1.54, 1.807) is 17.0 Å². The Morgan fingerprint density at radius 3 is 2.67 bits per heavy atom. The van der Waals surface area contributed by atoms with E-state index < -0.39 is 0 Å². The van der Waals surface area contributed by atoms with Crippen molar-refractivity contribution >= 4 is 34.4 Å². The maximum Gasteiger partial charge on any atom is 0.270 e. The third-order valence-electron chi connectivity index (χ3n) is 5.14. The maximum absolute atomic E-state index is 13.4. The van der Waals surface area contributed by atoms with Gasteiger partial charge in [-0.2, -0.15) is 0 Å². The summed E-state index contributed by atoms with van der Waals surface area (Å²) < 4.78 is 13.4. The van der Waals surface area contributed by atoms with Crippen molar-refractivity contribution in [2.24, 2.45) is 0 Å². The van der Waals surface area contributed by atoms with Crippen LogP contribution < -0.4 is 5.32 Å². The first-order chi connectivity index (χ1) is 14.5. The summed E-state index contributed by atoms with van der Waals surface area (Å²) in [6.07, 6.45) is 6.26. The van der Waals surface area contributed by atoms with Crippen LogP contribution in [0.3, 0.4) is 0 Å². The molecule has 0 atom stereocenters. The molecule has 0 radical (unpaired) electrons. The van der Waals surface area contributed by atoms with Crippen LogP contribution in [-0.4, -0.2) is 34.8 Å². The Morgan fingerprint density at radius 1 is 1.17 bits per heavy atom. The standard InChI is InChI=1S/C24H22FN3O2/c1-16(29)27-23(13-17-5-3-2-4-6-17)24(30)28-11-9-18(10-12-28)21-15-26-22-14-19(25)7-8-20(21)22/h2-9,13-15,26H,10-12H2,1H3,(H,27,29). The molecule has 0 bridgehead atoms. The summed E-state index contributed by atoms with van der Waals surface area (Å²) in [5.74, 6) is -0.781. The second-order valence-electron chi connectivity index (χ2n) is 7.27. The lowest BCUT2D eigenvalue weighted by Gasteiger charge is -2.27. The third-order valence-corrected chi connectivity index (χ3v) is 5.14. The van der Waals surface area contributed by atoms with Crippen LogP contribution in [0.4, 0.5) is 4.39 Å². The number of hydrogen-bond acceptors (Lipinski definition) is 2. The van der Waals surface area contributed by atoms with Crippen LogP contribution in [0.2, 0.25) is 0 Å². The molecule has 0 saturated heterocycles. The van der Waals surface area contributed by atoms with Crippen LogP contribution in [0.1, 0.15) is 24.5 Å². The lowest BCUT2D eigenvalue weighted by atomic mass is 9.98. The Kier molecular flexibility index (Phi) is 5.48. The van der Waals surface area contributed by atoms with Gasteiger partial charge in [0.2, 0.25) is 5.91 Å². The van der Waals surface area contributed by atoms with E-state index in [-0.39, 0.29) is 23.3 Å². The molecule has 1 aromatic heterocycles. The van der Waals surface area contributed by atoms with Gasteiger partial charge < -0.3 is 15.2 Å². The number of H-pyrrole nitrogens is 1. The molecule has 3 aromatic rings. The van der Waals surface area contributed by atoms with Gasteiger partial charge in [0, 0.05) is 42.7 Å². The molecule has 2 N–H and O–H groups in total. The number of carbonyl (C=O) groups is 2. The van der Waals surface area contributed by atoms with Gasteiger partial charge in [-0.25, -0.2) is 4.39 Å². The van der Waals surface area contributed by atoms with Crippen molar-refractivity contribution in [2.75, 3.05) is 13.1 Å². The summed E-state index contributed by atoms with van der Waals surface area (Å²) in [6.45, 7) is 2.36. The number of carbonyl (C=O) groups excluding carboxylic acids is 2. The highest BCUT2D eigenvalue weighted by molar-refractivity contribution is 6.01. The molecule has 30 heavy (non-hydrogen) atoms. The first-order valence-electron chi connectivity index (χ1n) is 9.81. The SMILES string of the molecule is CC(=O)NC(=Cc1ccccc1)C(=O)N1CC=C(c2c[nH]c3cc(F)ccc23)CC1. The van der Waals surface area contributed by atoms with Crippen molar-refractivity contribution in [2.45, 2.75) is 13.3 Å². The Balaban J connectivity index is 1.55. The summed E-state index contributed by atoms with van der Waals surface area (Å²) in [7, 11) is 0. The highest BCUT2D eigenvalue weighted by Gasteiger charge is 2.23. The molecule has 0 saturated carbocycles. The van der Waals surface area contributed by atoms with Crippen molar-refractivity contribution in [3.05, 3.63) is 83.4 Å². The Bertz CT molecular complexity index is 1160. The minimum atomic E-state index is -0.287. The highest BCUT2D eigenvalue weighted by Crippen LogP contribution is 2.30. The van der Waals surface area contributed by atoms with Gasteiger partial charge in [0.25, 0.3) is 5.91 Å². The minimum absolute atomic E-state index is 0.217. The molecule has 1 aliphatic heterocycles. The average molecular weight is 403 g/mol. The summed E-state index contributed by atoms with van der Waals surface area (Å²) >= 11 is 0. The number of halogens is 1. The van der Waals surface area contributed by atoms with E-state index in [2.05, 4.69) is 10.3 Å². The molecule has 0 fully saturated rings. The number of hydrogen-bond donors (Lipinski definition) is 2. The predicted molar refractivity (Wildman–Crippen MR) is 116 cm³/mol. The van der Waals surface area contributed by atoms with Gasteiger partial charge in [-0.15, -0.1) is 0 Å². The van der Waals surface area contributed by atoms with Crippen LogP contribution >= 0.6 is 0 Å². The van der Waals surface area contributed by atoms with Gasteiger partial charge in [-0.3, -0.25) is 9.59 Å². The van der Waals surface area contributed by atoms with Crippen LogP contribution in [0.25, 0.3) is 22.6 Å². The largest absolute Gasteiger partial charge is 0.360 e. The van der Waals surface area contributed by atoms with Crippen LogP contribution in [0, 0.1) is 5.82 Å². The highest BCUT2D eigenvalue weighted by atomic mass is 19.1. The molecule has 5 nitrogen and oxygen atoms in total. The average Bonchev–Trinajstić information content (AvgIpc) is 3.16. The third kappa shape index (κ3) is 4.17. The van der Waals surface area contributed by atoms with Gasteiger partial charge >= 0.3 is 0 Å². The van der Waals surface area contributed by atoms with Crippen molar-refractivity contribution < 1.29 is 14.0 Å². The number of benzene rings is 2. The number of aromatic nitrogens is 1. The van der Waals surface area contributed by atoms with E-state index in [9.17, 15) is 14.0 Å². The number of rotatable bonds is 4. The first-order valence-corrected chi connectivity index (χ1v) is 9.81.